The van der Waals surface area contributed by atoms with Gasteiger partial charge in [0.25, 0.3) is 0 Å². The van der Waals surface area contributed by atoms with Crippen LogP contribution in [0.2, 0.25) is 0 Å². The molecule has 0 saturated carbocycles. The molecule has 1 N–H and O–H groups in total. The first-order chi connectivity index (χ1) is 11.5. The number of ether oxygens (including phenoxy) is 1. The molecule has 24 heavy (non-hydrogen) atoms. The third-order valence-corrected chi connectivity index (χ3v) is 3.97. The minimum Gasteiger partial charge on any atom is -0.458 e. The van der Waals surface area contributed by atoms with Crippen molar-refractivity contribution in [2.45, 2.75) is 33.3 Å². The molecule has 1 atom stereocenters. The Morgan fingerprint density at radius 3 is 2.50 bits per heavy atom. The summed E-state index contributed by atoms with van der Waals surface area (Å²) in [5.74, 6) is 0. The zero-order valence-corrected chi connectivity index (χ0v) is 14.2. The van der Waals surface area contributed by atoms with Gasteiger partial charge >= 0.3 is 12.0 Å². The summed E-state index contributed by atoms with van der Waals surface area (Å²) in [7, 11) is 0. The van der Waals surface area contributed by atoms with Crippen molar-refractivity contribution >= 4 is 11.7 Å². The average molecular weight is 326 g/mol. The van der Waals surface area contributed by atoms with Crippen LogP contribution in [0.25, 0.3) is 0 Å². The number of benzene rings is 1. The van der Waals surface area contributed by atoms with Gasteiger partial charge in [0.1, 0.15) is 6.10 Å². The molecule has 0 aliphatic carbocycles. The van der Waals surface area contributed by atoms with Gasteiger partial charge in [0, 0.05) is 30.0 Å². The van der Waals surface area contributed by atoms with E-state index < -0.39 is 0 Å². The van der Waals surface area contributed by atoms with Gasteiger partial charge in [0.05, 0.1) is 6.54 Å². The molecule has 1 fully saturated rings. The molecule has 6 heteroatoms. The molecule has 2 amide bonds. The van der Waals surface area contributed by atoms with E-state index in [4.69, 9.17) is 4.74 Å². The summed E-state index contributed by atoms with van der Waals surface area (Å²) in [5, 5.41) is 2.91. The van der Waals surface area contributed by atoms with Crippen LogP contribution in [0.15, 0.2) is 30.3 Å². The summed E-state index contributed by atoms with van der Waals surface area (Å²) >= 11 is 0. The maximum absolute atomic E-state index is 12.3. The summed E-state index contributed by atoms with van der Waals surface area (Å²) in [6.45, 7) is 7.04. The number of nitrogens with zero attached hydrogens (tertiary/aromatic N) is 3. The monoisotopic (exact) mass is 326 g/mol. The minimum atomic E-state index is -0.105. The van der Waals surface area contributed by atoms with Crippen molar-refractivity contribution < 1.29 is 9.53 Å². The highest BCUT2D eigenvalue weighted by Crippen LogP contribution is 2.17. The number of anilines is 1. The van der Waals surface area contributed by atoms with E-state index in [2.05, 4.69) is 15.3 Å². The zero-order valence-electron chi connectivity index (χ0n) is 14.2. The molecule has 0 unspecified atom stereocenters. The second kappa shape index (κ2) is 6.86. The molecule has 1 aliphatic heterocycles. The summed E-state index contributed by atoms with van der Waals surface area (Å²) in [4.78, 5) is 22.7. The highest BCUT2D eigenvalue weighted by molar-refractivity contribution is 5.89. The van der Waals surface area contributed by atoms with Gasteiger partial charge in [-0.1, -0.05) is 17.7 Å². The van der Waals surface area contributed by atoms with Crippen molar-refractivity contribution in [2.75, 3.05) is 18.4 Å². The third-order valence-electron chi connectivity index (χ3n) is 3.97. The third kappa shape index (κ3) is 4.01. The Bertz CT molecular complexity index is 710. The van der Waals surface area contributed by atoms with E-state index in [9.17, 15) is 4.79 Å². The van der Waals surface area contributed by atoms with E-state index in [0.29, 0.717) is 19.1 Å². The Balaban J connectivity index is 1.56. The van der Waals surface area contributed by atoms with Crippen molar-refractivity contribution in [3.8, 4) is 6.01 Å². The lowest BCUT2D eigenvalue weighted by Crippen LogP contribution is -2.34. The molecule has 2 heterocycles. The van der Waals surface area contributed by atoms with Crippen LogP contribution in [0.3, 0.4) is 0 Å². The van der Waals surface area contributed by atoms with Crippen LogP contribution in [-0.4, -0.2) is 40.1 Å². The van der Waals surface area contributed by atoms with E-state index in [0.717, 1.165) is 29.1 Å². The Morgan fingerprint density at radius 2 is 1.83 bits per heavy atom. The lowest BCUT2D eigenvalue weighted by molar-refractivity contribution is 0.183. The van der Waals surface area contributed by atoms with Gasteiger partial charge in [-0.05, 0) is 39.0 Å². The van der Waals surface area contributed by atoms with Crippen LogP contribution < -0.4 is 10.1 Å². The van der Waals surface area contributed by atoms with Crippen molar-refractivity contribution in [3.63, 3.8) is 0 Å². The number of aryl methyl sites for hydroxylation is 3. The molecule has 0 bridgehead atoms. The number of likely N-dealkylation sites (tertiary alicyclic amines) is 1. The van der Waals surface area contributed by atoms with Gasteiger partial charge in [0.15, 0.2) is 0 Å². The minimum absolute atomic E-state index is 0.0741. The van der Waals surface area contributed by atoms with E-state index >= 15 is 0 Å². The Labute approximate surface area is 141 Å². The SMILES string of the molecule is Cc1ccc(NC(=O)N2CC[C@H](Oc3nc(C)cc(C)n3)C2)cc1. The molecule has 1 aromatic heterocycles. The van der Waals surface area contributed by atoms with Gasteiger partial charge in [-0.3, -0.25) is 0 Å². The van der Waals surface area contributed by atoms with Gasteiger partial charge in [-0.2, -0.15) is 0 Å². The van der Waals surface area contributed by atoms with E-state index in [1.807, 2.05) is 51.1 Å². The summed E-state index contributed by atoms with van der Waals surface area (Å²) in [5.41, 5.74) is 3.72. The zero-order chi connectivity index (χ0) is 17.1. The largest absolute Gasteiger partial charge is 0.458 e. The maximum Gasteiger partial charge on any atom is 0.321 e. The average Bonchev–Trinajstić information content (AvgIpc) is 2.97. The van der Waals surface area contributed by atoms with Crippen LogP contribution in [0.1, 0.15) is 23.4 Å². The van der Waals surface area contributed by atoms with Crippen molar-refractivity contribution in [1.29, 1.82) is 0 Å². The Hall–Kier alpha value is -2.63. The fourth-order valence-corrected chi connectivity index (χ4v) is 2.74. The number of rotatable bonds is 3. The molecular weight excluding hydrogens is 304 g/mol. The topological polar surface area (TPSA) is 67.4 Å². The lowest BCUT2D eigenvalue weighted by atomic mass is 10.2. The number of carbonyl (C=O) groups excluding carboxylic acids is 1. The fraction of sp³-hybridized carbons (Fsp3) is 0.389. The normalized spacial score (nSPS) is 17.0. The maximum atomic E-state index is 12.3. The highest BCUT2D eigenvalue weighted by atomic mass is 16.5. The molecule has 0 spiro atoms. The first-order valence-corrected chi connectivity index (χ1v) is 8.11. The predicted molar refractivity (Wildman–Crippen MR) is 92.3 cm³/mol. The van der Waals surface area contributed by atoms with Gasteiger partial charge in [-0.15, -0.1) is 0 Å². The number of aromatic nitrogens is 2. The van der Waals surface area contributed by atoms with Crippen LogP contribution in [0, 0.1) is 20.8 Å². The Morgan fingerprint density at radius 1 is 1.17 bits per heavy atom. The van der Waals surface area contributed by atoms with Crippen LogP contribution >= 0.6 is 0 Å². The van der Waals surface area contributed by atoms with Gasteiger partial charge in [0.2, 0.25) is 0 Å². The lowest BCUT2D eigenvalue weighted by Gasteiger charge is -2.17. The van der Waals surface area contributed by atoms with Gasteiger partial charge in [-0.25, -0.2) is 14.8 Å². The van der Waals surface area contributed by atoms with Crippen molar-refractivity contribution in [3.05, 3.63) is 47.3 Å². The molecule has 2 aromatic rings. The van der Waals surface area contributed by atoms with Crippen LogP contribution in [0.5, 0.6) is 6.01 Å². The molecule has 1 aromatic carbocycles. The first-order valence-electron chi connectivity index (χ1n) is 8.11. The first kappa shape index (κ1) is 16.2. The fourth-order valence-electron chi connectivity index (χ4n) is 2.74. The number of hydrogen-bond donors (Lipinski definition) is 1. The highest BCUT2D eigenvalue weighted by Gasteiger charge is 2.28. The molecule has 126 valence electrons. The predicted octanol–water partition coefficient (Wildman–Crippen LogP) is 3.09. The number of urea groups is 1. The molecule has 3 rings (SSSR count). The number of amides is 2. The van der Waals surface area contributed by atoms with E-state index in [1.165, 1.54) is 0 Å². The smallest absolute Gasteiger partial charge is 0.321 e. The van der Waals surface area contributed by atoms with Crippen LogP contribution in [-0.2, 0) is 0 Å². The standard InChI is InChI=1S/C18H22N4O2/c1-12-4-6-15(7-5-12)21-18(23)22-9-8-16(11-22)24-17-19-13(2)10-14(3)20-17/h4-7,10,16H,8-9,11H2,1-3H3,(H,21,23)/t16-/m0/s1. The van der Waals surface area contributed by atoms with Crippen molar-refractivity contribution in [2.24, 2.45) is 0 Å². The molecule has 1 aliphatic rings. The molecule has 6 nitrogen and oxygen atoms in total. The molecule has 0 radical (unpaired) electrons. The summed E-state index contributed by atoms with van der Waals surface area (Å²) < 4.78 is 5.84. The molecule has 1 saturated heterocycles. The summed E-state index contributed by atoms with van der Waals surface area (Å²) in [6, 6.07) is 9.94. The Kier molecular flexibility index (Phi) is 4.64. The second-order valence-corrected chi connectivity index (χ2v) is 6.20. The van der Waals surface area contributed by atoms with Gasteiger partial charge < -0.3 is 15.0 Å². The van der Waals surface area contributed by atoms with E-state index in [1.54, 1.807) is 4.90 Å². The number of carbonyl (C=O) groups is 1. The number of nitrogens with one attached hydrogen (secondary N) is 1. The van der Waals surface area contributed by atoms with Crippen molar-refractivity contribution in [1.82, 2.24) is 14.9 Å². The molecular formula is C18H22N4O2. The quantitative estimate of drug-likeness (QED) is 0.941. The number of hydrogen-bond acceptors (Lipinski definition) is 4. The summed E-state index contributed by atoms with van der Waals surface area (Å²) in [6.07, 6.45) is 0.701. The van der Waals surface area contributed by atoms with E-state index in [-0.39, 0.29) is 12.1 Å². The second-order valence-electron chi connectivity index (χ2n) is 6.20. The van der Waals surface area contributed by atoms with Crippen LogP contribution in [0.4, 0.5) is 10.5 Å².